The molecule has 1 aromatic heterocycles. The van der Waals surface area contributed by atoms with Crippen LogP contribution in [-0.2, 0) is 32.0 Å². The van der Waals surface area contributed by atoms with Crippen LogP contribution in [0.2, 0.25) is 0 Å². The summed E-state index contributed by atoms with van der Waals surface area (Å²) in [4.78, 5) is 35.9. The second-order valence-electron chi connectivity index (χ2n) is 7.40. The first kappa shape index (κ1) is 27.1. The molecule has 3 unspecified atom stereocenters. The number of H-pyrrole nitrogens is 1. The molecule has 0 aliphatic carbocycles. The minimum absolute atomic E-state index is 0.0589. The van der Waals surface area contributed by atoms with E-state index in [-0.39, 0.29) is 19.6 Å². The molecule has 2 N–H and O–H groups in total. The van der Waals surface area contributed by atoms with E-state index in [1.54, 1.807) is 0 Å². The number of unbranched alkanes of at least 4 members (excludes halogenated alkanes) is 2. The van der Waals surface area contributed by atoms with Crippen molar-refractivity contribution in [2.24, 2.45) is 0 Å². The van der Waals surface area contributed by atoms with E-state index in [1.807, 2.05) is 13.8 Å². The van der Waals surface area contributed by atoms with Crippen LogP contribution in [0.5, 0.6) is 0 Å². The van der Waals surface area contributed by atoms with Crippen LogP contribution in [0.1, 0.15) is 57.7 Å². The predicted octanol–water partition coefficient (Wildman–Crippen LogP) is 2.66. The van der Waals surface area contributed by atoms with Crippen LogP contribution in [0.25, 0.3) is 0 Å². The third kappa shape index (κ3) is 8.35. The fraction of sp³-hybridized carbons (Fsp3) is 0.778. The third-order valence-corrected chi connectivity index (χ3v) is 6.68. The number of nitrogens with one attached hydrogen (secondary N) is 1. The molecule has 1 aliphatic rings. The Morgan fingerprint density at radius 1 is 1.25 bits per heavy atom. The van der Waals surface area contributed by atoms with Crippen LogP contribution in [0, 0.1) is 6.92 Å². The quantitative estimate of drug-likeness (QED) is 0.289. The maximum atomic E-state index is 12.2. The van der Waals surface area contributed by atoms with Crippen molar-refractivity contribution >= 4 is 16.1 Å². The second-order valence-corrected chi connectivity index (χ2v) is 9.88. The highest BCUT2D eigenvalue weighted by atomic mass is 31.2. The van der Waals surface area contributed by atoms with E-state index in [2.05, 4.69) is 4.98 Å². The number of rotatable bonds is 14. The van der Waals surface area contributed by atoms with Gasteiger partial charge in [0.1, 0.15) is 12.3 Å². The molecule has 14 heteroatoms. The van der Waals surface area contributed by atoms with Gasteiger partial charge in [-0.25, -0.2) is 9.36 Å². The van der Waals surface area contributed by atoms with Crippen molar-refractivity contribution in [2.45, 2.75) is 71.3 Å². The fourth-order valence-corrected chi connectivity index (χ4v) is 4.58. The molecule has 5 atom stereocenters. The number of aryl methyl sites for hydroxylation is 1. The molecule has 1 fully saturated rings. The maximum Gasteiger partial charge on any atom is 0.472 e. The minimum Gasteiger partial charge on any atom is -0.349 e. The molecule has 184 valence electrons. The smallest absolute Gasteiger partial charge is 0.349 e. The first-order valence-electron chi connectivity index (χ1n) is 10.6. The number of aromatic nitrogens is 2. The summed E-state index contributed by atoms with van der Waals surface area (Å²) >= 11 is 0. The molecule has 0 radical (unpaired) electrons. The topological polar surface area (TPSA) is 155 Å². The van der Waals surface area contributed by atoms with Crippen molar-refractivity contribution in [3.8, 4) is 0 Å². The van der Waals surface area contributed by atoms with Crippen molar-refractivity contribution in [2.75, 3.05) is 19.8 Å². The largest absolute Gasteiger partial charge is 0.472 e. The summed E-state index contributed by atoms with van der Waals surface area (Å²) in [5.74, 6) is 0. The summed E-state index contributed by atoms with van der Waals surface area (Å²) < 4.78 is 51.9. The van der Waals surface area contributed by atoms with Crippen molar-refractivity contribution < 1.29 is 36.9 Å². The summed E-state index contributed by atoms with van der Waals surface area (Å²) in [5.41, 5.74) is -0.906. The van der Waals surface area contributed by atoms with Crippen LogP contribution >= 0.6 is 16.1 Å². The highest BCUT2D eigenvalue weighted by molar-refractivity contribution is 7.47. The molecule has 1 aromatic rings. The Morgan fingerprint density at radius 3 is 2.62 bits per heavy atom. The van der Waals surface area contributed by atoms with Crippen LogP contribution in [-0.4, -0.2) is 46.5 Å². The Bertz CT molecular complexity index is 918. The number of hydrogen-bond acceptors (Lipinski definition) is 9. The molecule has 1 saturated heterocycles. The normalized spacial score (nSPS) is 23.8. The molecule has 0 saturated carbocycles. The van der Waals surface area contributed by atoms with Gasteiger partial charge in [0.25, 0.3) is 5.56 Å². The van der Waals surface area contributed by atoms with Gasteiger partial charge in [0, 0.05) is 18.2 Å². The lowest BCUT2D eigenvalue weighted by molar-refractivity contribution is -0.0436. The van der Waals surface area contributed by atoms with Gasteiger partial charge < -0.3 is 18.7 Å². The Balaban J connectivity index is 2.11. The zero-order valence-corrected chi connectivity index (χ0v) is 20.4. The zero-order chi connectivity index (χ0) is 23.7. The van der Waals surface area contributed by atoms with Crippen LogP contribution in [0.3, 0.4) is 0 Å². The molecule has 1 aliphatic heterocycles. The number of aromatic amines is 1. The first-order valence-corrected chi connectivity index (χ1v) is 13.3. The van der Waals surface area contributed by atoms with Gasteiger partial charge in [-0.2, -0.15) is 0 Å². The third-order valence-electron chi connectivity index (χ3n) is 4.76. The number of nitrogens with zero attached hydrogens (tertiary/aromatic N) is 1. The molecular weight excluding hydrogens is 466 g/mol. The average Bonchev–Trinajstić information content (AvgIpc) is 3.12. The van der Waals surface area contributed by atoms with Gasteiger partial charge in [0.2, 0.25) is 0 Å². The molecule has 0 bridgehead atoms. The highest BCUT2D eigenvalue weighted by Crippen LogP contribution is 2.45. The van der Waals surface area contributed by atoms with Crippen LogP contribution in [0.4, 0.5) is 0 Å². The molecule has 0 aromatic carbocycles. The SMILES string of the molecule is CCCCO[PH](=O)O[C@H]1CC(n2cc(C)c(=O)[nH]c2=O)O[C@@H]1COP(=O)(O)OCCCC. The van der Waals surface area contributed by atoms with Gasteiger partial charge in [-0.1, -0.05) is 26.7 Å². The number of phosphoric ester groups is 1. The highest BCUT2D eigenvalue weighted by Gasteiger charge is 2.40. The molecule has 2 rings (SSSR count). The summed E-state index contributed by atoms with van der Waals surface area (Å²) in [6, 6.07) is 0. The van der Waals surface area contributed by atoms with Crippen LogP contribution in [0.15, 0.2) is 15.8 Å². The van der Waals surface area contributed by atoms with Crippen molar-refractivity contribution in [1.29, 1.82) is 0 Å². The minimum atomic E-state index is -4.33. The van der Waals surface area contributed by atoms with Crippen molar-refractivity contribution in [3.63, 3.8) is 0 Å². The second kappa shape index (κ2) is 13.0. The molecule has 12 nitrogen and oxygen atoms in total. The first-order chi connectivity index (χ1) is 15.2. The zero-order valence-electron chi connectivity index (χ0n) is 18.5. The van der Waals surface area contributed by atoms with Gasteiger partial charge in [-0.05, 0) is 19.8 Å². The summed E-state index contributed by atoms with van der Waals surface area (Å²) in [6.45, 7) is 5.33. The van der Waals surface area contributed by atoms with E-state index >= 15 is 0 Å². The van der Waals surface area contributed by atoms with E-state index < -0.39 is 52.4 Å². The van der Waals surface area contributed by atoms with E-state index in [9.17, 15) is 23.6 Å². The Hall–Kier alpha value is -1.10. The fourth-order valence-electron chi connectivity index (χ4n) is 2.93. The predicted molar refractivity (Wildman–Crippen MR) is 116 cm³/mol. The van der Waals surface area contributed by atoms with Crippen molar-refractivity contribution in [1.82, 2.24) is 9.55 Å². The van der Waals surface area contributed by atoms with Crippen LogP contribution < -0.4 is 11.2 Å². The van der Waals surface area contributed by atoms with E-state index in [0.717, 1.165) is 12.8 Å². The van der Waals surface area contributed by atoms with Gasteiger partial charge in [0.05, 0.1) is 25.9 Å². The standard InChI is InChI=1S/C18H32N2O10P2/c1-4-6-8-26-31(23)30-14-10-16(20-11-13(3)17(21)19-18(20)22)29-15(14)12-28-32(24,25)27-9-7-5-2/h11,14-16,31H,4-10,12H2,1-3H3,(H,24,25)(H,19,21,22)/t14-,15+,16?/m0/s1. The lowest BCUT2D eigenvalue weighted by atomic mass is 10.2. The summed E-state index contributed by atoms with van der Waals surface area (Å²) in [7, 11) is -7.20. The average molecular weight is 498 g/mol. The van der Waals surface area contributed by atoms with Gasteiger partial charge in [-0.3, -0.25) is 28.0 Å². The van der Waals surface area contributed by atoms with Gasteiger partial charge >= 0.3 is 21.8 Å². The monoisotopic (exact) mass is 498 g/mol. The Kier molecular flexibility index (Phi) is 11.0. The van der Waals surface area contributed by atoms with E-state index in [4.69, 9.17) is 22.8 Å². The molecule has 32 heavy (non-hydrogen) atoms. The lowest BCUT2D eigenvalue weighted by Gasteiger charge is -2.20. The molecule has 2 heterocycles. The van der Waals surface area contributed by atoms with Gasteiger partial charge in [0.15, 0.2) is 0 Å². The molecule has 0 amide bonds. The molecular formula is C18H32N2O10P2. The van der Waals surface area contributed by atoms with Crippen molar-refractivity contribution in [3.05, 3.63) is 32.6 Å². The maximum absolute atomic E-state index is 12.2. The number of hydrogen-bond donors (Lipinski definition) is 2. The number of phosphoric acid groups is 1. The summed E-state index contributed by atoms with van der Waals surface area (Å²) in [5, 5.41) is 0. The van der Waals surface area contributed by atoms with E-state index in [0.29, 0.717) is 18.4 Å². The summed E-state index contributed by atoms with van der Waals surface area (Å²) in [6.07, 6.45) is 1.72. The Morgan fingerprint density at radius 2 is 1.94 bits per heavy atom. The molecule has 0 spiro atoms. The Labute approximate surface area is 186 Å². The number of ether oxygens (including phenoxy) is 1. The van der Waals surface area contributed by atoms with Gasteiger partial charge in [-0.15, -0.1) is 0 Å². The van der Waals surface area contributed by atoms with E-state index in [1.165, 1.54) is 17.7 Å². The lowest BCUT2D eigenvalue weighted by Crippen LogP contribution is -2.33.